The zero-order valence-electron chi connectivity index (χ0n) is 16.9. The minimum Gasteiger partial charge on any atom is -0.497 e. The number of carbonyl (C=O) groups excluding carboxylic acids is 2. The van der Waals surface area contributed by atoms with Gasteiger partial charge in [-0.05, 0) is 48.4 Å². The average Bonchev–Trinajstić information content (AvgIpc) is 2.75. The van der Waals surface area contributed by atoms with Crippen molar-refractivity contribution in [2.45, 2.75) is 12.8 Å². The first-order valence-electron chi connectivity index (χ1n) is 8.89. The second kappa shape index (κ2) is 10.8. The smallest absolute Gasteiger partial charge is 0.306 e. The third-order valence-corrected chi connectivity index (χ3v) is 4.08. The molecule has 29 heavy (non-hydrogen) atoms. The van der Waals surface area contributed by atoms with Crippen LogP contribution in [0.25, 0.3) is 0 Å². The van der Waals surface area contributed by atoms with E-state index in [1.165, 1.54) is 21.3 Å². The first-order valence-corrected chi connectivity index (χ1v) is 8.89. The van der Waals surface area contributed by atoms with E-state index < -0.39 is 11.9 Å². The number of aryl methyl sites for hydroxylation is 1. The maximum Gasteiger partial charge on any atom is 0.306 e. The second-order valence-corrected chi connectivity index (χ2v) is 5.97. The molecule has 0 radical (unpaired) electrons. The van der Waals surface area contributed by atoms with E-state index >= 15 is 0 Å². The molecule has 0 saturated carbocycles. The molecule has 1 amide bonds. The lowest BCUT2D eigenvalue weighted by molar-refractivity contribution is -0.147. The molecule has 0 bridgehead atoms. The molecule has 156 valence electrons. The van der Waals surface area contributed by atoms with Crippen molar-refractivity contribution in [3.8, 4) is 23.0 Å². The zero-order valence-corrected chi connectivity index (χ0v) is 16.9. The van der Waals surface area contributed by atoms with Gasteiger partial charge in [-0.3, -0.25) is 9.59 Å². The molecular formula is C21H25NO7. The number of ether oxygens (including phenoxy) is 5. The average molecular weight is 403 g/mol. The minimum atomic E-state index is -0.483. The number of amides is 1. The lowest BCUT2D eigenvalue weighted by Gasteiger charge is -2.14. The Hall–Kier alpha value is -3.42. The van der Waals surface area contributed by atoms with Crippen LogP contribution in [0.5, 0.6) is 23.0 Å². The number of hydrogen-bond donors (Lipinski definition) is 1. The summed E-state index contributed by atoms with van der Waals surface area (Å²) in [5, 5.41) is 2.65. The zero-order chi connectivity index (χ0) is 21.2. The fourth-order valence-electron chi connectivity index (χ4n) is 2.62. The molecule has 2 rings (SSSR count). The summed E-state index contributed by atoms with van der Waals surface area (Å²) >= 11 is 0. The summed E-state index contributed by atoms with van der Waals surface area (Å²) in [4.78, 5) is 23.9. The molecule has 0 heterocycles. The van der Waals surface area contributed by atoms with Crippen LogP contribution in [0.1, 0.15) is 12.0 Å². The number of esters is 1. The molecular weight excluding hydrogens is 378 g/mol. The molecule has 2 aromatic rings. The van der Waals surface area contributed by atoms with E-state index in [0.29, 0.717) is 35.1 Å². The number of nitrogens with one attached hydrogen (secondary N) is 1. The lowest BCUT2D eigenvalue weighted by atomic mass is 10.1. The van der Waals surface area contributed by atoms with Crippen molar-refractivity contribution >= 4 is 17.6 Å². The van der Waals surface area contributed by atoms with Gasteiger partial charge in [-0.25, -0.2) is 0 Å². The van der Waals surface area contributed by atoms with Gasteiger partial charge >= 0.3 is 5.97 Å². The molecule has 0 spiro atoms. The fraction of sp³-hybridized carbons (Fsp3) is 0.333. The molecule has 0 aromatic heterocycles. The Morgan fingerprint density at radius 2 is 1.48 bits per heavy atom. The normalized spacial score (nSPS) is 10.1. The minimum absolute atomic E-state index is 0.106. The van der Waals surface area contributed by atoms with E-state index in [-0.39, 0.29) is 13.0 Å². The van der Waals surface area contributed by atoms with Crippen molar-refractivity contribution in [3.63, 3.8) is 0 Å². The largest absolute Gasteiger partial charge is 0.497 e. The van der Waals surface area contributed by atoms with Crippen LogP contribution in [0.4, 0.5) is 5.69 Å². The van der Waals surface area contributed by atoms with E-state index in [1.807, 2.05) is 0 Å². The number of rotatable bonds is 10. The van der Waals surface area contributed by atoms with Crippen LogP contribution in [0, 0.1) is 0 Å². The summed E-state index contributed by atoms with van der Waals surface area (Å²) in [6, 6.07) is 10.4. The van der Waals surface area contributed by atoms with E-state index in [1.54, 1.807) is 43.5 Å². The summed E-state index contributed by atoms with van der Waals surface area (Å²) in [5.41, 5.74) is 1.41. The van der Waals surface area contributed by atoms with E-state index in [2.05, 4.69) is 5.32 Å². The third-order valence-electron chi connectivity index (χ3n) is 4.08. The molecule has 1 N–H and O–H groups in total. The summed E-state index contributed by atoms with van der Waals surface area (Å²) in [7, 11) is 6.13. The first kappa shape index (κ1) is 21.9. The predicted octanol–water partition coefficient (Wildman–Crippen LogP) is 2.84. The predicted molar refractivity (Wildman–Crippen MR) is 107 cm³/mol. The van der Waals surface area contributed by atoms with Gasteiger partial charge in [0.1, 0.15) is 5.75 Å². The van der Waals surface area contributed by atoms with Crippen LogP contribution in [0.15, 0.2) is 36.4 Å². The van der Waals surface area contributed by atoms with Gasteiger partial charge < -0.3 is 29.0 Å². The Morgan fingerprint density at radius 1 is 0.862 bits per heavy atom. The van der Waals surface area contributed by atoms with Crippen molar-refractivity contribution < 1.29 is 33.3 Å². The van der Waals surface area contributed by atoms with Gasteiger partial charge in [0.15, 0.2) is 18.1 Å². The molecule has 0 saturated heterocycles. The van der Waals surface area contributed by atoms with Gasteiger partial charge in [0, 0.05) is 12.1 Å². The standard InChI is InChI=1S/C21H25NO7/c1-25-16-8-6-15(7-9-16)22-19(23)13-29-20(24)10-5-14-11-17(26-2)21(28-4)18(12-14)27-3/h6-9,11-12H,5,10,13H2,1-4H3,(H,22,23). The van der Waals surface area contributed by atoms with Gasteiger partial charge in [-0.15, -0.1) is 0 Å². The lowest BCUT2D eigenvalue weighted by Crippen LogP contribution is -2.21. The molecule has 0 unspecified atom stereocenters. The molecule has 8 nitrogen and oxygen atoms in total. The van der Waals surface area contributed by atoms with Crippen LogP contribution >= 0.6 is 0 Å². The molecule has 0 atom stereocenters. The van der Waals surface area contributed by atoms with Gasteiger partial charge in [-0.1, -0.05) is 0 Å². The van der Waals surface area contributed by atoms with Crippen molar-refractivity contribution in [2.24, 2.45) is 0 Å². The Bertz CT molecular complexity index is 808. The Labute approximate surface area is 169 Å². The highest BCUT2D eigenvalue weighted by atomic mass is 16.5. The van der Waals surface area contributed by atoms with Crippen molar-refractivity contribution in [1.29, 1.82) is 0 Å². The number of hydrogen-bond acceptors (Lipinski definition) is 7. The van der Waals surface area contributed by atoms with Gasteiger partial charge in [-0.2, -0.15) is 0 Å². The summed E-state index contributed by atoms with van der Waals surface area (Å²) in [6.45, 7) is -0.361. The summed E-state index contributed by atoms with van der Waals surface area (Å²) in [6.07, 6.45) is 0.504. The number of benzene rings is 2. The molecule has 8 heteroatoms. The monoisotopic (exact) mass is 403 g/mol. The van der Waals surface area contributed by atoms with E-state index in [4.69, 9.17) is 23.7 Å². The molecule has 0 aliphatic carbocycles. The van der Waals surface area contributed by atoms with E-state index in [9.17, 15) is 9.59 Å². The number of anilines is 1. The van der Waals surface area contributed by atoms with Crippen LogP contribution in [-0.2, 0) is 20.7 Å². The quantitative estimate of drug-likeness (QED) is 0.610. The summed E-state index contributed by atoms with van der Waals surface area (Å²) < 4.78 is 26.0. The van der Waals surface area contributed by atoms with Crippen LogP contribution in [-0.4, -0.2) is 46.9 Å². The Balaban J connectivity index is 1.84. The fourth-order valence-corrected chi connectivity index (χ4v) is 2.62. The molecule has 2 aromatic carbocycles. The summed E-state index contributed by atoms with van der Waals surface area (Å²) in [5.74, 6) is 1.28. The van der Waals surface area contributed by atoms with Crippen LogP contribution < -0.4 is 24.3 Å². The van der Waals surface area contributed by atoms with Crippen LogP contribution in [0.3, 0.4) is 0 Å². The van der Waals surface area contributed by atoms with Crippen LogP contribution in [0.2, 0.25) is 0 Å². The Kier molecular flexibility index (Phi) is 8.14. The highest BCUT2D eigenvalue weighted by Crippen LogP contribution is 2.38. The highest BCUT2D eigenvalue weighted by Gasteiger charge is 2.14. The maximum atomic E-state index is 12.0. The van der Waals surface area contributed by atoms with Gasteiger partial charge in [0.05, 0.1) is 28.4 Å². The van der Waals surface area contributed by atoms with Gasteiger partial charge in [0.25, 0.3) is 5.91 Å². The molecule has 0 aliphatic rings. The topological polar surface area (TPSA) is 92.3 Å². The number of methoxy groups -OCH3 is 4. The van der Waals surface area contributed by atoms with Crippen molar-refractivity contribution in [3.05, 3.63) is 42.0 Å². The van der Waals surface area contributed by atoms with Crippen molar-refractivity contribution in [2.75, 3.05) is 40.4 Å². The Morgan fingerprint density at radius 3 is 2.00 bits per heavy atom. The van der Waals surface area contributed by atoms with Crippen molar-refractivity contribution in [1.82, 2.24) is 0 Å². The molecule has 0 fully saturated rings. The highest BCUT2D eigenvalue weighted by molar-refractivity contribution is 5.92. The first-order chi connectivity index (χ1) is 14.0. The molecule has 0 aliphatic heterocycles. The van der Waals surface area contributed by atoms with E-state index in [0.717, 1.165) is 5.56 Å². The number of carbonyl (C=O) groups is 2. The van der Waals surface area contributed by atoms with Gasteiger partial charge in [0.2, 0.25) is 5.75 Å². The second-order valence-electron chi connectivity index (χ2n) is 5.97. The SMILES string of the molecule is COc1ccc(NC(=O)COC(=O)CCc2cc(OC)c(OC)c(OC)c2)cc1. The third kappa shape index (κ3) is 6.31. The maximum absolute atomic E-state index is 12.0.